The van der Waals surface area contributed by atoms with Gasteiger partial charge in [-0.05, 0) is 23.8 Å². The summed E-state index contributed by atoms with van der Waals surface area (Å²) in [5, 5.41) is 2.93. The van der Waals surface area contributed by atoms with Crippen molar-refractivity contribution < 1.29 is 18.7 Å². The number of carbonyl (C=O) groups excluding carboxylic acids is 2. The monoisotopic (exact) mass is 423 g/mol. The van der Waals surface area contributed by atoms with E-state index in [0.29, 0.717) is 25.1 Å². The summed E-state index contributed by atoms with van der Waals surface area (Å²) in [6.45, 7) is 3.49. The highest BCUT2D eigenvalue weighted by atomic mass is 32.1. The second-order valence-corrected chi connectivity index (χ2v) is 8.34. The number of cyclic esters (lactones) is 1. The van der Waals surface area contributed by atoms with Crippen molar-refractivity contribution in [2.75, 3.05) is 26.2 Å². The van der Waals surface area contributed by atoms with Gasteiger partial charge in [-0.25, -0.2) is 9.78 Å². The van der Waals surface area contributed by atoms with Crippen LogP contribution in [0, 0.1) is 0 Å². The number of thiazole rings is 1. The highest BCUT2D eigenvalue weighted by Gasteiger charge is 2.34. The van der Waals surface area contributed by atoms with E-state index in [2.05, 4.69) is 9.88 Å². The van der Waals surface area contributed by atoms with Crippen molar-refractivity contribution in [1.82, 2.24) is 14.8 Å². The molecule has 2 aliphatic rings. The van der Waals surface area contributed by atoms with Crippen LogP contribution in [0.3, 0.4) is 0 Å². The van der Waals surface area contributed by atoms with E-state index in [0.717, 1.165) is 41.7 Å². The zero-order valence-electron chi connectivity index (χ0n) is 16.3. The summed E-state index contributed by atoms with van der Waals surface area (Å²) < 4.78 is 10.8. The summed E-state index contributed by atoms with van der Waals surface area (Å²) in [6, 6.07) is 11.1. The van der Waals surface area contributed by atoms with E-state index >= 15 is 0 Å². The lowest BCUT2D eigenvalue weighted by molar-refractivity contribution is -0.142. The molecule has 3 aromatic rings. The Morgan fingerprint density at radius 2 is 1.97 bits per heavy atom. The van der Waals surface area contributed by atoms with Crippen LogP contribution < -0.4 is 0 Å². The van der Waals surface area contributed by atoms with Gasteiger partial charge in [0.15, 0.2) is 16.9 Å². The van der Waals surface area contributed by atoms with Crippen LogP contribution in [0.1, 0.15) is 21.6 Å². The summed E-state index contributed by atoms with van der Waals surface area (Å²) in [4.78, 5) is 33.9. The summed E-state index contributed by atoms with van der Waals surface area (Å²) in [5.74, 6) is 0.265. The molecule has 2 aliphatic heterocycles. The Bertz CT molecular complexity index is 1050. The fourth-order valence-electron chi connectivity index (χ4n) is 3.92. The molecule has 1 unspecified atom stereocenters. The lowest BCUT2D eigenvalue weighted by Gasteiger charge is -2.36. The zero-order chi connectivity index (χ0) is 20.5. The van der Waals surface area contributed by atoms with Crippen LogP contribution in [-0.4, -0.2) is 58.9 Å². The second-order valence-electron chi connectivity index (χ2n) is 7.48. The maximum absolute atomic E-state index is 12.9. The Labute approximate surface area is 177 Å². The average molecular weight is 423 g/mol. The number of ether oxygens (including phenoxy) is 1. The van der Waals surface area contributed by atoms with E-state index in [9.17, 15) is 9.59 Å². The Balaban J connectivity index is 1.16. The van der Waals surface area contributed by atoms with Gasteiger partial charge in [0.1, 0.15) is 0 Å². The fourth-order valence-corrected chi connectivity index (χ4v) is 4.70. The summed E-state index contributed by atoms with van der Waals surface area (Å²) in [7, 11) is 0. The van der Waals surface area contributed by atoms with E-state index in [1.54, 1.807) is 34.6 Å². The molecule has 2 aromatic heterocycles. The lowest BCUT2D eigenvalue weighted by Crippen LogP contribution is -2.52. The minimum atomic E-state index is -0.728. The van der Waals surface area contributed by atoms with Crippen LogP contribution >= 0.6 is 11.3 Å². The van der Waals surface area contributed by atoms with Gasteiger partial charge in [0.05, 0.1) is 17.5 Å². The molecule has 8 heteroatoms. The standard InChI is InChI=1S/C22H21N3O4S/c26-21(19-12-15-4-1-2-5-17(15)22(27)29-19)25-9-7-24(8-10-25)13-16-14-30-20(23-16)18-6-3-11-28-18/h1-6,11,14,19H,7-10,12-13H2. The first-order valence-corrected chi connectivity index (χ1v) is 10.8. The number of fused-ring (bicyclic) bond motifs is 1. The maximum Gasteiger partial charge on any atom is 0.339 e. The predicted molar refractivity (Wildman–Crippen MR) is 111 cm³/mol. The first-order valence-electron chi connectivity index (χ1n) is 9.96. The Hall–Kier alpha value is -2.97. The average Bonchev–Trinajstić information content (AvgIpc) is 3.46. The van der Waals surface area contributed by atoms with E-state index in [4.69, 9.17) is 9.15 Å². The number of rotatable bonds is 4. The van der Waals surface area contributed by atoms with E-state index in [1.165, 1.54) is 0 Å². The molecule has 1 saturated heterocycles. The number of nitrogens with zero attached hydrogens (tertiary/aromatic N) is 3. The summed E-state index contributed by atoms with van der Waals surface area (Å²) in [6.07, 6.45) is 1.36. The van der Waals surface area contributed by atoms with Crippen LogP contribution in [0.4, 0.5) is 0 Å². The number of aromatic nitrogens is 1. The van der Waals surface area contributed by atoms with Crippen molar-refractivity contribution in [3.8, 4) is 10.8 Å². The molecule has 154 valence electrons. The number of benzene rings is 1. The number of amides is 1. The number of piperazine rings is 1. The molecule has 30 heavy (non-hydrogen) atoms. The van der Waals surface area contributed by atoms with Gasteiger partial charge in [0, 0.05) is 44.5 Å². The number of esters is 1. The molecule has 1 aromatic carbocycles. The molecule has 1 amide bonds. The predicted octanol–water partition coefficient (Wildman–Crippen LogP) is 2.83. The molecule has 0 spiro atoms. The zero-order valence-corrected chi connectivity index (χ0v) is 17.1. The largest absolute Gasteiger partial charge is 0.462 e. The van der Waals surface area contributed by atoms with E-state index in [-0.39, 0.29) is 5.91 Å². The summed E-state index contributed by atoms with van der Waals surface area (Å²) in [5.41, 5.74) is 2.44. The molecule has 0 aliphatic carbocycles. The third-order valence-corrected chi connectivity index (χ3v) is 6.43. The lowest BCUT2D eigenvalue weighted by atomic mass is 9.98. The van der Waals surface area contributed by atoms with Crippen molar-refractivity contribution in [1.29, 1.82) is 0 Å². The SMILES string of the molecule is O=C1OC(C(=O)N2CCN(Cc3csc(-c4ccco4)n3)CC2)Cc2ccccc21. The van der Waals surface area contributed by atoms with Crippen molar-refractivity contribution in [3.63, 3.8) is 0 Å². The molecule has 0 N–H and O–H groups in total. The van der Waals surface area contributed by atoms with Gasteiger partial charge in [-0.15, -0.1) is 11.3 Å². The smallest absolute Gasteiger partial charge is 0.339 e. The molecular weight excluding hydrogens is 402 g/mol. The topological polar surface area (TPSA) is 75.9 Å². The molecular formula is C22H21N3O4S. The van der Waals surface area contributed by atoms with Crippen molar-refractivity contribution in [3.05, 3.63) is 64.9 Å². The van der Waals surface area contributed by atoms with Gasteiger partial charge in [-0.3, -0.25) is 9.69 Å². The Morgan fingerprint density at radius 1 is 1.13 bits per heavy atom. The van der Waals surface area contributed by atoms with Crippen LogP contribution in [0.25, 0.3) is 10.8 Å². The highest BCUT2D eigenvalue weighted by Crippen LogP contribution is 2.25. The third-order valence-electron chi connectivity index (χ3n) is 5.52. The van der Waals surface area contributed by atoms with Gasteiger partial charge in [-0.1, -0.05) is 18.2 Å². The number of hydrogen-bond acceptors (Lipinski definition) is 7. The van der Waals surface area contributed by atoms with E-state index in [1.807, 2.05) is 29.6 Å². The van der Waals surface area contributed by atoms with Gasteiger partial charge in [0.25, 0.3) is 5.91 Å². The fraction of sp³-hybridized carbons (Fsp3) is 0.318. The molecule has 0 bridgehead atoms. The third kappa shape index (κ3) is 3.76. The maximum atomic E-state index is 12.9. The molecule has 0 radical (unpaired) electrons. The minimum absolute atomic E-state index is 0.105. The minimum Gasteiger partial charge on any atom is -0.462 e. The number of hydrogen-bond donors (Lipinski definition) is 0. The van der Waals surface area contributed by atoms with Crippen molar-refractivity contribution in [2.24, 2.45) is 0 Å². The van der Waals surface area contributed by atoms with Crippen molar-refractivity contribution in [2.45, 2.75) is 19.1 Å². The van der Waals surface area contributed by atoms with Gasteiger partial charge in [0.2, 0.25) is 0 Å². The quantitative estimate of drug-likeness (QED) is 0.601. The molecule has 4 heterocycles. The first kappa shape index (κ1) is 19.0. The molecule has 0 saturated carbocycles. The Morgan fingerprint density at radius 3 is 2.77 bits per heavy atom. The van der Waals surface area contributed by atoms with E-state index < -0.39 is 12.1 Å². The van der Waals surface area contributed by atoms with Gasteiger partial charge < -0.3 is 14.1 Å². The number of carbonyl (C=O) groups is 2. The van der Waals surface area contributed by atoms with Crippen LogP contribution in [0.15, 0.2) is 52.5 Å². The van der Waals surface area contributed by atoms with Crippen LogP contribution in [0.5, 0.6) is 0 Å². The van der Waals surface area contributed by atoms with Gasteiger partial charge >= 0.3 is 5.97 Å². The molecule has 1 atom stereocenters. The molecule has 7 nitrogen and oxygen atoms in total. The second kappa shape index (κ2) is 8.04. The summed E-state index contributed by atoms with van der Waals surface area (Å²) >= 11 is 1.57. The molecule has 5 rings (SSSR count). The normalized spacial score (nSPS) is 19.4. The molecule has 1 fully saturated rings. The van der Waals surface area contributed by atoms with Gasteiger partial charge in [-0.2, -0.15) is 0 Å². The highest BCUT2D eigenvalue weighted by molar-refractivity contribution is 7.13. The van der Waals surface area contributed by atoms with Crippen LogP contribution in [-0.2, 0) is 22.5 Å². The van der Waals surface area contributed by atoms with Crippen LogP contribution in [0.2, 0.25) is 0 Å². The number of furan rings is 1. The van der Waals surface area contributed by atoms with Crippen molar-refractivity contribution >= 4 is 23.2 Å². The first-order chi connectivity index (χ1) is 14.7. The Kier molecular flexibility index (Phi) is 5.10.